The van der Waals surface area contributed by atoms with Crippen molar-refractivity contribution in [2.45, 2.75) is 0 Å². The fourth-order valence-electron chi connectivity index (χ4n) is 8.38. The molecule has 0 N–H and O–H groups in total. The predicted molar refractivity (Wildman–Crippen MR) is 212 cm³/mol. The molecule has 12 rings (SSSR count). The summed E-state index contributed by atoms with van der Waals surface area (Å²) in [6.07, 6.45) is 0. The zero-order valence-corrected chi connectivity index (χ0v) is 27.9. The van der Waals surface area contributed by atoms with E-state index >= 15 is 0 Å². The first-order valence-corrected chi connectivity index (χ1v) is 17.9. The highest BCUT2D eigenvalue weighted by molar-refractivity contribution is 7.26. The summed E-state index contributed by atoms with van der Waals surface area (Å²) in [5.41, 5.74) is 10.3. The third-order valence-electron chi connectivity index (χ3n) is 10.5. The molecule has 7 aromatic carbocycles. The minimum Gasteiger partial charge on any atom is -0.305 e. The third kappa shape index (κ3) is 3.61. The van der Waals surface area contributed by atoms with Gasteiger partial charge in [0.2, 0.25) is 0 Å². The Balaban J connectivity index is 1.17. The van der Waals surface area contributed by atoms with Gasteiger partial charge < -0.3 is 9.30 Å². The van der Waals surface area contributed by atoms with E-state index in [4.69, 9.17) is 15.0 Å². The van der Waals surface area contributed by atoms with Crippen LogP contribution in [0.25, 0.3) is 92.4 Å². The fraction of sp³-hybridized carbons (Fsp3) is 0. The Bertz CT molecular complexity index is 3050. The summed E-state index contributed by atoms with van der Waals surface area (Å²) >= 11 is 1.83. The summed E-state index contributed by atoms with van der Waals surface area (Å²) in [5.74, 6) is 1.98. The number of anilines is 3. The van der Waals surface area contributed by atoms with Crippen LogP contribution >= 0.6 is 11.3 Å². The largest absolute Gasteiger partial charge is 0.305 e. The predicted octanol–water partition coefficient (Wildman–Crippen LogP) is 12.2. The lowest BCUT2D eigenvalue weighted by Gasteiger charge is -2.30. The van der Waals surface area contributed by atoms with Crippen LogP contribution in [0.4, 0.5) is 17.1 Å². The molecule has 0 fully saturated rings. The molecule has 4 aromatic heterocycles. The number of fused-ring (bicyclic) bond motifs is 5. The van der Waals surface area contributed by atoms with E-state index in [9.17, 15) is 0 Å². The molecular formula is C45H25N5S. The van der Waals surface area contributed by atoms with Crippen LogP contribution in [0.2, 0.25) is 0 Å². The summed E-state index contributed by atoms with van der Waals surface area (Å²) < 4.78 is 4.94. The van der Waals surface area contributed by atoms with Crippen LogP contribution in [0, 0.1) is 0 Å². The first kappa shape index (κ1) is 27.2. The van der Waals surface area contributed by atoms with Crippen molar-refractivity contribution >= 4 is 86.7 Å². The maximum atomic E-state index is 5.17. The molecule has 0 unspecified atom stereocenters. The Morgan fingerprint density at radius 2 is 0.902 bits per heavy atom. The van der Waals surface area contributed by atoms with Crippen molar-refractivity contribution in [3.05, 3.63) is 152 Å². The smallest absolute Gasteiger partial charge is 0.164 e. The SMILES string of the molecule is c1ccc(-c2nc(-c3ccccc3)nc(-c3ccc(N4c5cccc6c7cccc8c9cccc4c9n(c56)c78)c4sc5ccccc5c34)n2)cc1. The standard InChI is InChI=1S/C45H25N5S/c1-3-12-26(13-4-1)43-46-44(27-14-5-2-6-15-27)48-45(47-43)33-24-25-36(42-38(33)32-16-7-8-23-37(32)51-42)49-34-21-10-19-30-28-17-9-18-29-31-20-11-22-35(49)41(31)50(39(28)29)40(30)34/h1-25H. The normalized spacial score (nSPS) is 12.7. The number of thiophene rings is 1. The molecule has 5 heterocycles. The van der Waals surface area contributed by atoms with E-state index in [0.29, 0.717) is 17.5 Å². The van der Waals surface area contributed by atoms with Gasteiger partial charge in [0.1, 0.15) is 0 Å². The van der Waals surface area contributed by atoms with Gasteiger partial charge in [0.25, 0.3) is 0 Å². The summed E-state index contributed by atoms with van der Waals surface area (Å²) in [6.45, 7) is 0. The average Bonchev–Trinajstić information content (AvgIpc) is 3.87. The van der Waals surface area contributed by atoms with Crippen molar-refractivity contribution in [3.63, 3.8) is 0 Å². The molecule has 11 aromatic rings. The van der Waals surface area contributed by atoms with E-state index < -0.39 is 0 Å². The van der Waals surface area contributed by atoms with E-state index in [-0.39, 0.29) is 0 Å². The van der Waals surface area contributed by atoms with Crippen LogP contribution in [0.15, 0.2) is 152 Å². The number of hydrogen-bond acceptors (Lipinski definition) is 5. The number of rotatable bonds is 4. The quantitative estimate of drug-likeness (QED) is 0.187. The van der Waals surface area contributed by atoms with Crippen LogP contribution in [0.5, 0.6) is 0 Å². The lowest BCUT2D eigenvalue weighted by molar-refractivity contribution is 1.08. The molecule has 236 valence electrons. The monoisotopic (exact) mass is 667 g/mol. The second-order valence-corrected chi connectivity index (χ2v) is 14.2. The van der Waals surface area contributed by atoms with Crippen molar-refractivity contribution in [3.8, 4) is 34.2 Å². The Labute approximate surface area is 295 Å². The number of nitrogens with zero attached hydrogens (tertiary/aromatic N) is 5. The van der Waals surface area contributed by atoms with Gasteiger partial charge in [-0.1, -0.05) is 121 Å². The fourth-order valence-corrected chi connectivity index (χ4v) is 9.61. The van der Waals surface area contributed by atoms with Gasteiger partial charge in [-0.05, 0) is 30.3 Å². The molecule has 0 bridgehead atoms. The van der Waals surface area contributed by atoms with Crippen molar-refractivity contribution < 1.29 is 0 Å². The molecule has 1 aliphatic heterocycles. The number of hydrogen-bond donors (Lipinski definition) is 0. The Morgan fingerprint density at radius 3 is 1.53 bits per heavy atom. The van der Waals surface area contributed by atoms with Crippen LogP contribution in [-0.4, -0.2) is 19.4 Å². The van der Waals surface area contributed by atoms with Crippen molar-refractivity contribution in [2.75, 3.05) is 4.90 Å². The summed E-state index contributed by atoms with van der Waals surface area (Å²) in [5, 5.41) is 7.52. The minimum atomic E-state index is 0.658. The van der Waals surface area contributed by atoms with Gasteiger partial charge >= 0.3 is 0 Å². The summed E-state index contributed by atoms with van der Waals surface area (Å²) in [6, 6.07) is 53.8. The van der Waals surface area contributed by atoms with E-state index in [0.717, 1.165) is 27.8 Å². The number of benzene rings is 7. The third-order valence-corrected chi connectivity index (χ3v) is 11.7. The van der Waals surface area contributed by atoms with Crippen molar-refractivity contribution in [1.82, 2.24) is 19.4 Å². The number of para-hydroxylation sites is 3. The molecule has 0 atom stereocenters. The minimum absolute atomic E-state index is 0.658. The summed E-state index contributed by atoms with van der Waals surface area (Å²) in [7, 11) is 0. The molecule has 0 saturated heterocycles. The molecule has 0 amide bonds. The van der Waals surface area contributed by atoms with E-state index in [2.05, 4.69) is 125 Å². The highest BCUT2D eigenvalue weighted by Gasteiger charge is 2.31. The van der Waals surface area contributed by atoms with Gasteiger partial charge in [-0.25, -0.2) is 15.0 Å². The zero-order valence-electron chi connectivity index (χ0n) is 27.1. The molecule has 6 heteroatoms. The van der Waals surface area contributed by atoms with Crippen molar-refractivity contribution in [1.29, 1.82) is 0 Å². The maximum absolute atomic E-state index is 5.17. The molecule has 0 aliphatic carbocycles. The Morgan fingerprint density at radius 1 is 0.392 bits per heavy atom. The average molecular weight is 668 g/mol. The Kier molecular flexibility index (Phi) is 5.32. The van der Waals surface area contributed by atoms with Gasteiger partial charge in [0, 0.05) is 53.7 Å². The number of aromatic nitrogens is 4. The van der Waals surface area contributed by atoms with Crippen LogP contribution in [-0.2, 0) is 0 Å². The molecule has 0 saturated carbocycles. The van der Waals surface area contributed by atoms with Gasteiger partial charge in [-0.3, -0.25) is 0 Å². The molecular weight excluding hydrogens is 643 g/mol. The van der Waals surface area contributed by atoms with Crippen LogP contribution in [0.3, 0.4) is 0 Å². The van der Waals surface area contributed by atoms with Gasteiger partial charge in [-0.2, -0.15) is 0 Å². The Hall–Kier alpha value is -6.63. The second kappa shape index (κ2) is 9.97. The summed E-state index contributed by atoms with van der Waals surface area (Å²) in [4.78, 5) is 17.8. The highest BCUT2D eigenvalue weighted by Crippen LogP contribution is 2.54. The van der Waals surface area contributed by atoms with E-state index in [1.807, 2.05) is 47.7 Å². The molecule has 51 heavy (non-hydrogen) atoms. The van der Waals surface area contributed by atoms with Gasteiger partial charge in [0.15, 0.2) is 17.5 Å². The van der Waals surface area contributed by atoms with Gasteiger partial charge in [-0.15, -0.1) is 11.3 Å². The van der Waals surface area contributed by atoms with Crippen LogP contribution < -0.4 is 4.90 Å². The van der Waals surface area contributed by atoms with E-state index in [1.165, 1.54) is 64.3 Å². The second-order valence-electron chi connectivity index (χ2n) is 13.2. The zero-order chi connectivity index (χ0) is 33.2. The topological polar surface area (TPSA) is 46.3 Å². The van der Waals surface area contributed by atoms with Crippen molar-refractivity contribution in [2.24, 2.45) is 0 Å². The lowest BCUT2D eigenvalue weighted by atomic mass is 10.0. The lowest BCUT2D eigenvalue weighted by Crippen LogP contribution is -2.15. The van der Waals surface area contributed by atoms with Gasteiger partial charge in [0.05, 0.1) is 38.3 Å². The molecule has 5 nitrogen and oxygen atoms in total. The highest BCUT2D eigenvalue weighted by atomic mass is 32.1. The maximum Gasteiger partial charge on any atom is 0.164 e. The molecule has 1 aliphatic rings. The first-order chi connectivity index (χ1) is 25.3. The molecule has 0 radical (unpaired) electrons. The van der Waals surface area contributed by atoms with Crippen LogP contribution in [0.1, 0.15) is 0 Å². The first-order valence-electron chi connectivity index (χ1n) is 17.1. The molecule has 0 spiro atoms. The van der Waals surface area contributed by atoms with E-state index in [1.54, 1.807) is 0 Å².